The van der Waals surface area contributed by atoms with Crippen LogP contribution in [0, 0.1) is 0 Å². The monoisotopic (exact) mass is 266 g/mol. The van der Waals surface area contributed by atoms with Crippen molar-refractivity contribution in [2.45, 2.75) is 32.9 Å². The molecule has 1 aromatic rings. The largest absolute Gasteiger partial charge is 0.493 e. The normalized spacial score (nSPS) is 11.2. The van der Waals surface area contributed by atoms with Gasteiger partial charge in [0.15, 0.2) is 18.1 Å². The lowest BCUT2D eigenvalue weighted by Gasteiger charge is -2.21. The summed E-state index contributed by atoms with van der Waals surface area (Å²) in [5, 5.41) is 3.39. The molecule has 0 spiro atoms. The Kier molecular flexibility index (Phi) is 5.18. The van der Waals surface area contributed by atoms with Crippen molar-refractivity contribution in [2.24, 2.45) is 5.73 Å². The maximum Gasteiger partial charge on any atom is 0.255 e. The molecule has 1 rings (SSSR count). The van der Waals surface area contributed by atoms with Crippen LogP contribution in [0.25, 0.3) is 0 Å². The van der Waals surface area contributed by atoms with Crippen LogP contribution in [-0.4, -0.2) is 25.2 Å². The molecule has 0 radical (unpaired) electrons. The fourth-order valence-corrected chi connectivity index (χ4v) is 1.46. The second-order valence-electron chi connectivity index (χ2n) is 5.34. The lowest BCUT2D eigenvalue weighted by Crippen LogP contribution is -2.35. The summed E-state index contributed by atoms with van der Waals surface area (Å²) in [7, 11) is 1.56. The Morgan fingerprint density at radius 3 is 2.53 bits per heavy atom. The Hall–Kier alpha value is -1.75. The Morgan fingerprint density at radius 2 is 2.00 bits per heavy atom. The van der Waals surface area contributed by atoms with E-state index in [1.54, 1.807) is 13.2 Å². The number of carbonyl (C=O) groups is 1. The van der Waals surface area contributed by atoms with Gasteiger partial charge in [-0.15, -0.1) is 0 Å². The number of nitrogens with one attached hydrogen (secondary N) is 1. The van der Waals surface area contributed by atoms with Gasteiger partial charge in [0.2, 0.25) is 0 Å². The average Bonchev–Trinajstić information content (AvgIpc) is 2.33. The van der Waals surface area contributed by atoms with Crippen molar-refractivity contribution >= 4 is 5.91 Å². The second-order valence-corrected chi connectivity index (χ2v) is 5.34. The van der Waals surface area contributed by atoms with E-state index in [2.05, 4.69) is 26.1 Å². The van der Waals surface area contributed by atoms with E-state index in [4.69, 9.17) is 15.2 Å². The molecule has 5 nitrogen and oxygen atoms in total. The third-order valence-electron chi connectivity index (χ3n) is 2.42. The van der Waals surface area contributed by atoms with Gasteiger partial charge in [-0.1, -0.05) is 6.07 Å². The Bertz CT molecular complexity index is 439. The highest BCUT2D eigenvalue weighted by Crippen LogP contribution is 2.28. The predicted molar refractivity (Wildman–Crippen MR) is 74.3 cm³/mol. The Balaban J connectivity index is 2.75. The number of nitrogens with two attached hydrogens (primary N) is 1. The van der Waals surface area contributed by atoms with Crippen LogP contribution >= 0.6 is 0 Å². The first-order chi connectivity index (χ1) is 8.81. The van der Waals surface area contributed by atoms with Crippen molar-refractivity contribution in [2.75, 3.05) is 13.7 Å². The average molecular weight is 266 g/mol. The topological polar surface area (TPSA) is 73.6 Å². The molecular formula is C14H22N2O3. The van der Waals surface area contributed by atoms with Gasteiger partial charge in [-0.2, -0.15) is 0 Å². The fourth-order valence-electron chi connectivity index (χ4n) is 1.46. The van der Waals surface area contributed by atoms with Crippen molar-refractivity contribution in [1.29, 1.82) is 0 Å². The molecule has 0 heterocycles. The van der Waals surface area contributed by atoms with Crippen molar-refractivity contribution < 1.29 is 14.3 Å². The summed E-state index contributed by atoms with van der Waals surface area (Å²) < 4.78 is 10.5. The lowest BCUT2D eigenvalue weighted by atomic mass is 10.1. The molecule has 0 aliphatic heterocycles. The molecule has 0 bridgehead atoms. The summed E-state index contributed by atoms with van der Waals surface area (Å²) in [6, 6.07) is 5.59. The van der Waals surface area contributed by atoms with E-state index >= 15 is 0 Å². The summed E-state index contributed by atoms with van der Waals surface area (Å²) in [6.45, 7) is 6.89. The minimum atomic E-state index is -0.513. The molecule has 1 amide bonds. The highest BCUT2D eigenvalue weighted by Gasteiger charge is 2.11. The molecule has 0 fully saturated rings. The van der Waals surface area contributed by atoms with Crippen LogP contribution in [0.4, 0.5) is 0 Å². The predicted octanol–water partition coefficient (Wildman–Crippen LogP) is 1.45. The van der Waals surface area contributed by atoms with Gasteiger partial charge in [-0.05, 0) is 38.5 Å². The van der Waals surface area contributed by atoms with Gasteiger partial charge >= 0.3 is 0 Å². The maximum absolute atomic E-state index is 10.7. The van der Waals surface area contributed by atoms with E-state index in [0.29, 0.717) is 11.5 Å². The molecule has 19 heavy (non-hydrogen) atoms. The van der Waals surface area contributed by atoms with Gasteiger partial charge in [-0.25, -0.2) is 0 Å². The standard InChI is InChI=1S/C14H22N2O3/c1-14(2,3)16-8-10-5-6-11(12(7-10)18-4)19-9-13(15)17/h5-7,16H,8-9H2,1-4H3,(H2,15,17). The van der Waals surface area contributed by atoms with Gasteiger partial charge < -0.3 is 20.5 Å². The summed E-state index contributed by atoms with van der Waals surface area (Å²) in [5.41, 5.74) is 6.17. The van der Waals surface area contributed by atoms with Crippen molar-refractivity contribution in [3.05, 3.63) is 23.8 Å². The Labute approximate surface area is 114 Å². The third kappa shape index (κ3) is 5.61. The van der Waals surface area contributed by atoms with Gasteiger partial charge in [0.1, 0.15) is 0 Å². The van der Waals surface area contributed by atoms with Crippen LogP contribution in [-0.2, 0) is 11.3 Å². The zero-order valence-corrected chi connectivity index (χ0v) is 11.9. The van der Waals surface area contributed by atoms with E-state index in [1.165, 1.54) is 0 Å². The first-order valence-corrected chi connectivity index (χ1v) is 6.15. The van der Waals surface area contributed by atoms with Crippen LogP contribution in [0.15, 0.2) is 18.2 Å². The quantitative estimate of drug-likeness (QED) is 0.817. The minimum Gasteiger partial charge on any atom is -0.493 e. The number of carbonyl (C=O) groups excluding carboxylic acids is 1. The fraction of sp³-hybridized carbons (Fsp3) is 0.500. The molecule has 0 aromatic heterocycles. The first-order valence-electron chi connectivity index (χ1n) is 6.15. The smallest absolute Gasteiger partial charge is 0.255 e. The zero-order valence-electron chi connectivity index (χ0n) is 11.9. The number of methoxy groups -OCH3 is 1. The molecule has 0 aliphatic rings. The van der Waals surface area contributed by atoms with Crippen LogP contribution in [0.2, 0.25) is 0 Å². The number of primary amides is 1. The first kappa shape index (κ1) is 15.3. The highest BCUT2D eigenvalue weighted by atomic mass is 16.5. The molecule has 1 aromatic carbocycles. The van der Waals surface area contributed by atoms with E-state index in [0.717, 1.165) is 12.1 Å². The van der Waals surface area contributed by atoms with Gasteiger partial charge in [0, 0.05) is 12.1 Å². The molecule has 0 saturated heterocycles. The summed E-state index contributed by atoms with van der Waals surface area (Å²) in [5.74, 6) is 0.593. The van der Waals surface area contributed by atoms with E-state index in [9.17, 15) is 4.79 Å². The van der Waals surface area contributed by atoms with Crippen molar-refractivity contribution in [3.8, 4) is 11.5 Å². The molecular weight excluding hydrogens is 244 g/mol. The summed E-state index contributed by atoms with van der Waals surface area (Å²) in [6.07, 6.45) is 0. The molecule has 0 aliphatic carbocycles. The minimum absolute atomic E-state index is 0.0500. The lowest BCUT2D eigenvalue weighted by molar-refractivity contribution is -0.119. The highest BCUT2D eigenvalue weighted by molar-refractivity contribution is 5.75. The molecule has 3 N–H and O–H groups in total. The number of hydrogen-bond acceptors (Lipinski definition) is 4. The van der Waals surface area contributed by atoms with Crippen molar-refractivity contribution in [1.82, 2.24) is 5.32 Å². The summed E-state index contributed by atoms with van der Waals surface area (Å²) in [4.78, 5) is 10.7. The van der Waals surface area contributed by atoms with Gasteiger partial charge in [0.05, 0.1) is 7.11 Å². The van der Waals surface area contributed by atoms with Crippen LogP contribution < -0.4 is 20.5 Å². The SMILES string of the molecule is COc1cc(CNC(C)(C)C)ccc1OCC(N)=O. The maximum atomic E-state index is 10.7. The molecule has 0 saturated carbocycles. The second kappa shape index (κ2) is 6.43. The number of benzene rings is 1. The van der Waals surface area contributed by atoms with Crippen LogP contribution in [0.5, 0.6) is 11.5 Å². The van der Waals surface area contributed by atoms with E-state index in [-0.39, 0.29) is 12.1 Å². The number of ether oxygens (including phenoxy) is 2. The van der Waals surface area contributed by atoms with Crippen LogP contribution in [0.3, 0.4) is 0 Å². The van der Waals surface area contributed by atoms with Gasteiger partial charge in [-0.3, -0.25) is 4.79 Å². The number of amides is 1. The zero-order chi connectivity index (χ0) is 14.5. The Morgan fingerprint density at radius 1 is 1.32 bits per heavy atom. The van der Waals surface area contributed by atoms with E-state index < -0.39 is 5.91 Å². The molecule has 0 unspecified atom stereocenters. The molecule has 106 valence electrons. The molecule has 0 atom stereocenters. The van der Waals surface area contributed by atoms with E-state index in [1.807, 2.05) is 12.1 Å². The number of hydrogen-bond donors (Lipinski definition) is 2. The number of rotatable bonds is 6. The summed E-state index contributed by atoms with van der Waals surface area (Å²) >= 11 is 0. The van der Waals surface area contributed by atoms with Crippen LogP contribution in [0.1, 0.15) is 26.3 Å². The molecule has 5 heteroatoms. The van der Waals surface area contributed by atoms with Gasteiger partial charge in [0.25, 0.3) is 5.91 Å². The third-order valence-corrected chi connectivity index (χ3v) is 2.42. The van der Waals surface area contributed by atoms with Crippen molar-refractivity contribution in [3.63, 3.8) is 0 Å².